The zero-order chi connectivity index (χ0) is 21.2. The van der Waals surface area contributed by atoms with Crippen LogP contribution in [0.15, 0.2) is 22.6 Å². The lowest BCUT2D eigenvalue weighted by Gasteiger charge is -2.13. The van der Waals surface area contributed by atoms with Gasteiger partial charge in [0.05, 0.1) is 35.1 Å². The normalized spacial score (nSPS) is 10.7. The SMILES string of the molecule is CCOC(=O)Cc1csc(NN=Cc2cc(I)c(OCC(N)=O)c(OCC)c2)n1. The number of aromatic nitrogens is 1. The first kappa shape index (κ1) is 22.9. The molecular formula is C18H21IN4O5S. The van der Waals surface area contributed by atoms with E-state index in [0.29, 0.717) is 35.5 Å². The molecule has 3 N–H and O–H groups in total. The summed E-state index contributed by atoms with van der Waals surface area (Å²) in [5.74, 6) is 0.0707. The number of nitrogens with zero attached hydrogens (tertiary/aromatic N) is 2. The van der Waals surface area contributed by atoms with Crippen LogP contribution >= 0.6 is 33.9 Å². The summed E-state index contributed by atoms with van der Waals surface area (Å²) >= 11 is 3.43. The third kappa shape index (κ3) is 7.49. The summed E-state index contributed by atoms with van der Waals surface area (Å²) in [7, 11) is 0. The van der Waals surface area contributed by atoms with Crippen molar-refractivity contribution >= 4 is 57.2 Å². The number of benzene rings is 1. The second-order valence-corrected chi connectivity index (χ2v) is 7.53. The Hall–Kier alpha value is -2.41. The molecule has 0 aliphatic carbocycles. The summed E-state index contributed by atoms with van der Waals surface area (Å²) in [4.78, 5) is 26.8. The van der Waals surface area contributed by atoms with E-state index in [1.54, 1.807) is 24.6 Å². The van der Waals surface area contributed by atoms with Crippen molar-refractivity contribution in [3.05, 3.63) is 32.3 Å². The molecule has 1 heterocycles. The highest BCUT2D eigenvalue weighted by molar-refractivity contribution is 14.1. The van der Waals surface area contributed by atoms with E-state index < -0.39 is 5.91 Å². The van der Waals surface area contributed by atoms with Gasteiger partial charge in [0.15, 0.2) is 18.1 Å². The van der Waals surface area contributed by atoms with Gasteiger partial charge in [-0.05, 0) is 54.1 Å². The molecule has 0 aliphatic heterocycles. The van der Waals surface area contributed by atoms with Crippen LogP contribution in [0.5, 0.6) is 11.5 Å². The third-order valence-electron chi connectivity index (χ3n) is 3.25. The molecule has 0 spiro atoms. The molecule has 0 saturated carbocycles. The van der Waals surface area contributed by atoms with Crippen LogP contribution < -0.4 is 20.6 Å². The van der Waals surface area contributed by atoms with Gasteiger partial charge in [0.2, 0.25) is 5.13 Å². The minimum Gasteiger partial charge on any atom is -0.490 e. The molecule has 0 radical (unpaired) electrons. The standard InChI is InChI=1S/C18H21IN4O5S/c1-3-26-14-6-11(5-13(19)17(14)28-9-15(20)24)8-21-23-18-22-12(10-29-18)7-16(25)27-4-2/h5-6,8,10H,3-4,7,9H2,1-2H3,(H2,20,24)(H,22,23). The number of ether oxygens (including phenoxy) is 3. The Kier molecular flexibility index (Phi) is 9.12. The van der Waals surface area contributed by atoms with E-state index in [9.17, 15) is 9.59 Å². The molecule has 0 bridgehead atoms. The minimum absolute atomic E-state index is 0.123. The number of nitrogens with two attached hydrogens (primary N) is 1. The molecule has 9 nitrogen and oxygen atoms in total. The predicted octanol–water partition coefficient (Wildman–Crippen LogP) is 2.56. The van der Waals surface area contributed by atoms with Crippen molar-refractivity contribution in [1.29, 1.82) is 0 Å². The number of anilines is 1. The maximum Gasteiger partial charge on any atom is 0.311 e. The van der Waals surface area contributed by atoms with Gasteiger partial charge < -0.3 is 19.9 Å². The second-order valence-electron chi connectivity index (χ2n) is 5.51. The first-order chi connectivity index (χ1) is 13.9. The van der Waals surface area contributed by atoms with Crippen LogP contribution in [0.25, 0.3) is 0 Å². The van der Waals surface area contributed by atoms with Gasteiger partial charge in [-0.2, -0.15) is 5.10 Å². The van der Waals surface area contributed by atoms with Crippen LogP contribution in [-0.2, 0) is 20.7 Å². The van der Waals surface area contributed by atoms with Crippen LogP contribution in [0.2, 0.25) is 0 Å². The van der Waals surface area contributed by atoms with Crippen molar-refractivity contribution < 1.29 is 23.8 Å². The van der Waals surface area contributed by atoms with Gasteiger partial charge >= 0.3 is 5.97 Å². The molecule has 0 saturated heterocycles. The average Bonchev–Trinajstić information content (AvgIpc) is 3.08. The number of halogens is 1. The van der Waals surface area contributed by atoms with Gasteiger partial charge in [0.25, 0.3) is 5.91 Å². The molecular weight excluding hydrogens is 511 g/mol. The quantitative estimate of drug-likeness (QED) is 0.197. The van der Waals surface area contributed by atoms with Gasteiger partial charge in [-0.15, -0.1) is 11.3 Å². The Morgan fingerprint density at radius 3 is 2.79 bits per heavy atom. The molecule has 0 unspecified atom stereocenters. The highest BCUT2D eigenvalue weighted by Gasteiger charge is 2.13. The molecule has 1 amide bonds. The van der Waals surface area contributed by atoms with E-state index in [4.69, 9.17) is 19.9 Å². The molecule has 0 fully saturated rings. The van der Waals surface area contributed by atoms with E-state index in [1.165, 1.54) is 11.3 Å². The molecule has 2 aromatic rings. The monoisotopic (exact) mass is 532 g/mol. The largest absolute Gasteiger partial charge is 0.490 e. The van der Waals surface area contributed by atoms with Gasteiger partial charge in [-0.25, -0.2) is 4.98 Å². The summed E-state index contributed by atoms with van der Waals surface area (Å²) in [6, 6.07) is 3.58. The highest BCUT2D eigenvalue weighted by atomic mass is 127. The summed E-state index contributed by atoms with van der Waals surface area (Å²) in [5, 5.41) is 6.50. The number of primary amides is 1. The summed E-state index contributed by atoms with van der Waals surface area (Å²) in [5.41, 5.74) is 9.36. The minimum atomic E-state index is -0.566. The van der Waals surface area contributed by atoms with Gasteiger partial charge in [0.1, 0.15) is 0 Å². The number of hydrogen-bond donors (Lipinski definition) is 2. The zero-order valence-electron chi connectivity index (χ0n) is 15.9. The van der Waals surface area contributed by atoms with Gasteiger partial charge in [-0.1, -0.05) is 0 Å². The number of hydrazone groups is 1. The van der Waals surface area contributed by atoms with Crippen molar-refractivity contribution in [3.8, 4) is 11.5 Å². The molecule has 0 atom stereocenters. The molecule has 0 aliphatic rings. The number of rotatable bonds is 11. The molecule has 1 aromatic carbocycles. The second kappa shape index (κ2) is 11.6. The lowest BCUT2D eigenvalue weighted by atomic mass is 10.2. The fourth-order valence-electron chi connectivity index (χ4n) is 2.17. The van der Waals surface area contributed by atoms with Crippen LogP contribution in [0.4, 0.5) is 5.13 Å². The van der Waals surface area contributed by atoms with Crippen molar-refractivity contribution in [3.63, 3.8) is 0 Å². The first-order valence-electron chi connectivity index (χ1n) is 8.69. The Balaban J connectivity index is 2.05. The fraction of sp³-hybridized carbons (Fsp3) is 0.333. The molecule has 1 aromatic heterocycles. The summed E-state index contributed by atoms with van der Waals surface area (Å²) in [6.07, 6.45) is 1.73. The van der Waals surface area contributed by atoms with E-state index in [2.05, 4.69) is 38.1 Å². The molecule has 156 valence electrons. The topological polar surface area (TPSA) is 125 Å². The van der Waals surface area contributed by atoms with Crippen LogP contribution in [0, 0.1) is 3.57 Å². The van der Waals surface area contributed by atoms with E-state index >= 15 is 0 Å². The predicted molar refractivity (Wildman–Crippen MR) is 119 cm³/mol. The lowest BCUT2D eigenvalue weighted by Crippen LogP contribution is -2.20. The average molecular weight is 532 g/mol. The van der Waals surface area contributed by atoms with E-state index in [1.807, 2.05) is 13.0 Å². The Morgan fingerprint density at radius 2 is 2.10 bits per heavy atom. The Morgan fingerprint density at radius 1 is 1.31 bits per heavy atom. The number of carbonyl (C=O) groups is 2. The Labute approximate surface area is 185 Å². The maximum absolute atomic E-state index is 11.5. The van der Waals surface area contributed by atoms with Crippen LogP contribution in [0.3, 0.4) is 0 Å². The molecule has 2 rings (SSSR count). The van der Waals surface area contributed by atoms with Gasteiger partial charge in [-0.3, -0.25) is 15.0 Å². The maximum atomic E-state index is 11.5. The number of carbonyl (C=O) groups excluding carboxylic acids is 2. The van der Waals surface area contributed by atoms with Crippen molar-refractivity contribution in [1.82, 2.24) is 4.98 Å². The van der Waals surface area contributed by atoms with E-state index in [-0.39, 0.29) is 19.0 Å². The number of thiazole rings is 1. The van der Waals surface area contributed by atoms with Gasteiger partial charge in [0, 0.05) is 5.38 Å². The van der Waals surface area contributed by atoms with Crippen molar-refractivity contribution in [2.75, 3.05) is 25.2 Å². The molecule has 29 heavy (non-hydrogen) atoms. The summed E-state index contributed by atoms with van der Waals surface area (Å²) < 4.78 is 16.7. The van der Waals surface area contributed by atoms with Crippen molar-refractivity contribution in [2.24, 2.45) is 10.8 Å². The third-order valence-corrected chi connectivity index (χ3v) is 4.84. The lowest BCUT2D eigenvalue weighted by molar-refractivity contribution is -0.142. The first-order valence-corrected chi connectivity index (χ1v) is 10.6. The summed E-state index contributed by atoms with van der Waals surface area (Å²) in [6.45, 7) is 4.15. The van der Waals surface area contributed by atoms with Crippen LogP contribution in [0.1, 0.15) is 25.1 Å². The number of esters is 1. The fourth-order valence-corrected chi connectivity index (χ4v) is 3.61. The van der Waals surface area contributed by atoms with Crippen molar-refractivity contribution in [2.45, 2.75) is 20.3 Å². The highest BCUT2D eigenvalue weighted by Crippen LogP contribution is 2.34. The number of nitrogens with one attached hydrogen (secondary N) is 1. The number of amides is 1. The zero-order valence-corrected chi connectivity index (χ0v) is 18.9. The Bertz CT molecular complexity index is 887. The van der Waals surface area contributed by atoms with Crippen LogP contribution in [-0.4, -0.2) is 42.9 Å². The molecule has 11 heteroatoms. The smallest absolute Gasteiger partial charge is 0.311 e. The number of hydrogen-bond acceptors (Lipinski definition) is 9. The van der Waals surface area contributed by atoms with E-state index in [0.717, 1.165) is 9.13 Å².